The van der Waals surface area contributed by atoms with E-state index in [0.29, 0.717) is 12.8 Å². The molecule has 1 saturated carbocycles. The lowest BCUT2D eigenvalue weighted by Crippen LogP contribution is -2.58. The first-order valence-corrected chi connectivity index (χ1v) is 6.45. The van der Waals surface area contributed by atoms with Crippen LogP contribution in [0, 0.1) is 5.92 Å². The Hall–Kier alpha value is -0.850. The van der Waals surface area contributed by atoms with Crippen molar-refractivity contribution >= 4 is 5.91 Å². The van der Waals surface area contributed by atoms with Gasteiger partial charge in [-0.2, -0.15) is 8.78 Å². The van der Waals surface area contributed by atoms with Crippen molar-refractivity contribution in [1.82, 2.24) is 4.90 Å². The van der Waals surface area contributed by atoms with Gasteiger partial charge in [0.1, 0.15) is 0 Å². The van der Waals surface area contributed by atoms with E-state index in [1.54, 1.807) is 0 Å². The molecule has 1 aliphatic heterocycles. The van der Waals surface area contributed by atoms with Gasteiger partial charge in [0.2, 0.25) is 0 Å². The highest BCUT2D eigenvalue weighted by Crippen LogP contribution is 2.40. The fraction of sp³-hybridized carbons (Fsp3) is 0.917. The third-order valence-corrected chi connectivity index (χ3v) is 4.27. The van der Waals surface area contributed by atoms with E-state index in [-0.39, 0.29) is 25.4 Å². The van der Waals surface area contributed by atoms with E-state index in [1.807, 2.05) is 0 Å². The summed E-state index contributed by atoms with van der Waals surface area (Å²) in [6.07, 6.45) is -0.852. The van der Waals surface area contributed by atoms with Gasteiger partial charge in [0.05, 0.1) is 5.60 Å². The number of likely N-dealkylation sites (tertiary alicyclic amines) is 1. The van der Waals surface area contributed by atoms with Crippen LogP contribution in [0.1, 0.15) is 32.1 Å². The zero-order chi connectivity index (χ0) is 14.3. The zero-order valence-corrected chi connectivity index (χ0v) is 10.4. The number of rotatable bonds is 2. The van der Waals surface area contributed by atoms with Crippen LogP contribution < -0.4 is 0 Å². The minimum absolute atomic E-state index is 0.0579. The predicted octanol–water partition coefficient (Wildman–Crippen LogP) is 2.04. The fourth-order valence-corrected chi connectivity index (χ4v) is 3.06. The maximum atomic E-state index is 13.0. The normalized spacial score (nSPS) is 32.3. The summed E-state index contributed by atoms with van der Waals surface area (Å²) in [5.74, 6) is -6.74. The summed E-state index contributed by atoms with van der Waals surface area (Å²) in [6.45, 7) is -0.147. The maximum absolute atomic E-state index is 13.0. The summed E-state index contributed by atoms with van der Waals surface area (Å²) in [5, 5.41) is 10.3. The molecule has 2 aliphatic rings. The molecule has 2 rings (SSSR count). The second-order valence-corrected chi connectivity index (χ2v) is 5.47. The van der Waals surface area contributed by atoms with E-state index in [9.17, 15) is 27.5 Å². The van der Waals surface area contributed by atoms with E-state index in [2.05, 4.69) is 0 Å². The summed E-state index contributed by atoms with van der Waals surface area (Å²) in [5.41, 5.74) is -0.921. The van der Waals surface area contributed by atoms with Crippen LogP contribution in [0.15, 0.2) is 0 Å². The van der Waals surface area contributed by atoms with Crippen molar-refractivity contribution in [3.63, 3.8) is 0 Å². The van der Waals surface area contributed by atoms with Crippen molar-refractivity contribution in [2.75, 3.05) is 13.1 Å². The summed E-state index contributed by atoms with van der Waals surface area (Å²) in [7, 11) is 0. The monoisotopic (exact) mass is 283 g/mol. The van der Waals surface area contributed by atoms with Crippen LogP contribution in [0.3, 0.4) is 0 Å². The number of hydrogen-bond donors (Lipinski definition) is 1. The minimum Gasteiger partial charge on any atom is -0.389 e. The molecule has 2 unspecified atom stereocenters. The molecular weight excluding hydrogens is 266 g/mol. The van der Waals surface area contributed by atoms with E-state index in [1.165, 1.54) is 0 Å². The van der Waals surface area contributed by atoms with Crippen LogP contribution in [0.5, 0.6) is 0 Å². The molecule has 7 heteroatoms. The first-order chi connectivity index (χ1) is 8.77. The summed E-state index contributed by atoms with van der Waals surface area (Å²) in [4.78, 5) is 12.2. The SMILES string of the molecule is O=C(N1CCC2(O)CCCCC2C1)C(F)(F)C(F)F. The van der Waals surface area contributed by atoms with Crippen molar-refractivity contribution in [1.29, 1.82) is 0 Å². The Morgan fingerprint density at radius 3 is 2.63 bits per heavy atom. The van der Waals surface area contributed by atoms with Crippen LogP contribution in [0.4, 0.5) is 17.6 Å². The van der Waals surface area contributed by atoms with Crippen LogP contribution in [0.2, 0.25) is 0 Å². The molecule has 1 aliphatic carbocycles. The van der Waals surface area contributed by atoms with Gasteiger partial charge in [-0.1, -0.05) is 12.8 Å². The molecule has 0 aromatic heterocycles. The number of amides is 1. The molecule has 0 radical (unpaired) electrons. The lowest BCUT2D eigenvalue weighted by Gasteiger charge is -2.47. The highest BCUT2D eigenvalue weighted by Gasteiger charge is 2.53. The van der Waals surface area contributed by atoms with E-state index in [4.69, 9.17) is 0 Å². The van der Waals surface area contributed by atoms with Crippen LogP contribution in [-0.4, -0.2) is 47.0 Å². The Balaban J connectivity index is 2.07. The molecule has 1 N–H and O–H groups in total. The summed E-state index contributed by atoms with van der Waals surface area (Å²) in [6, 6.07) is 0. The molecular formula is C12H17F4NO2. The third kappa shape index (κ3) is 2.57. The van der Waals surface area contributed by atoms with Gasteiger partial charge >= 0.3 is 12.3 Å². The van der Waals surface area contributed by atoms with Crippen LogP contribution in [0.25, 0.3) is 0 Å². The first kappa shape index (κ1) is 14.6. The smallest absolute Gasteiger partial charge is 0.383 e. The Labute approximate surface area is 108 Å². The number of nitrogens with zero attached hydrogens (tertiary/aromatic N) is 1. The Bertz CT molecular complexity index is 364. The number of hydrogen-bond acceptors (Lipinski definition) is 2. The van der Waals surface area contributed by atoms with Gasteiger partial charge in [0.25, 0.3) is 5.91 Å². The largest absolute Gasteiger partial charge is 0.389 e. The molecule has 0 aromatic rings. The van der Waals surface area contributed by atoms with Gasteiger partial charge < -0.3 is 10.0 Å². The Morgan fingerprint density at radius 2 is 2.00 bits per heavy atom. The number of halogens is 4. The lowest BCUT2D eigenvalue weighted by atomic mass is 9.71. The fourth-order valence-electron chi connectivity index (χ4n) is 3.06. The Morgan fingerprint density at radius 1 is 1.32 bits per heavy atom. The number of carbonyl (C=O) groups excluding carboxylic acids is 1. The highest BCUT2D eigenvalue weighted by molar-refractivity contribution is 5.84. The molecule has 0 bridgehead atoms. The molecule has 0 spiro atoms. The average Bonchev–Trinajstić information content (AvgIpc) is 2.36. The number of fused-ring (bicyclic) bond motifs is 1. The van der Waals surface area contributed by atoms with Gasteiger partial charge in [-0.05, 0) is 19.3 Å². The van der Waals surface area contributed by atoms with Gasteiger partial charge in [0.15, 0.2) is 0 Å². The summed E-state index contributed by atoms with van der Waals surface area (Å²) < 4.78 is 50.4. The molecule has 2 fully saturated rings. The average molecular weight is 283 g/mol. The number of alkyl halides is 4. The van der Waals surface area contributed by atoms with Crippen molar-refractivity contribution in [2.45, 2.75) is 50.1 Å². The quantitative estimate of drug-likeness (QED) is 0.788. The number of carbonyl (C=O) groups is 1. The van der Waals surface area contributed by atoms with Crippen LogP contribution >= 0.6 is 0 Å². The molecule has 1 saturated heterocycles. The minimum atomic E-state index is -4.63. The van der Waals surface area contributed by atoms with E-state index >= 15 is 0 Å². The zero-order valence-electron chi connectivity index (χ0n) is 10.4. The molecule has 0 aromatic carbocycles. The standard InChI is InChI=1S/C12H17F4NO2/c13-9(14)12(15,16)10(18)17-6-5-11(19)4-2-1-3-8(11)7-17/h8-9,19H,1-7H2. The molecule has 19 heavy (non-hydrogen) atoms. The highest BCUT2D eigenvalue weighted by atomic mass is 19.3. The number of aliphatic hydroxyl groups is 1. The van der Waals surface area contributed by atoms with Crippen molar-refractivity contribution in [3.05, 3.63) is 0 Å². The molecule has 1 heterocycles. The van der Waals surface area contributed by atoms with Crippen molar-refractivity contribution < 1.29 is 27.5 Å². The van der Waals surface area contributed by atoms with Gasteiger partial charge in [-0.15, -0.1) is 0 Å². The van der Waals surface area contributed by atoms with Crippen molar-refractivity contribution in [3.8, 4) is 0 Å². The second-order valence-electron chi connectivity index (χ2n) is 5.47. The lowest BCUT2D eigenvalue weighted by molar-refractivity contribution is -0.187. The van der Waals surface area contributed by atoms with Crippen LogP contribution in [-0.2, 0) is 4.79 Å². The number of piperidine rings is 1. The summed E-state index contributed by atoms with van der Waals surface area (Å²) >= 11 is 0. The third-order valence-electron chi connectivity index (χ3n) is 4.27. The molecule has 3 nitrogen and oxygen atoms in total. The maximum Gasteiger partial charge on any atom is 0.383 e. The van der Waals surface area contributed by atoms with E-state index in [0.717, 1.165) is 17.7 Å². The topological polar surface area (TPSA) is 40.5 Å². The van der Waals surface area contributed by atoms with Gasteiger partial charge in [0, 0.05) is 19.0 Å². The molecule has 2 atom stereocenters. The molecule has 110 valence electrons. The van der Waals surface area contributed by atoms with Gasteiger partial charge in [-0.25, -0.2) is 8.78 Å². The molecule has 1 amide bonds. The Kier molecular flexibility index (Phi) is 3.77. The van der Waals surface area contributed by atoms with Gasteiger partial charge in [-0.3, -0.25) is 4.79 Å². The predicted molar refractivity (Wildman–Crippen MR) is 59.1 cm³/mol. The van der Waals surface area contributed by atoms with E-state index < -0.39 is 23.9 Å². The van der Waals surface area contributed by atoms with Crippen molar-refractivity contribution in [2.24, 2.45) is 5.92 Å². The second kappa shape index (κ2) is 4.92. The first-order valence-electron chi connectivity index (χ1n) is 6.45.